The molecule has 0 aromatic heterocycles. The molecule has 10 aromatic carbocycles. The van der Waals surface area contributed by atoms with E-state index in [1.54, 1.807) is 24.3 Å². The van der Waals surface area contributed by atoms with Crippen molar-refractivity contribution in [1.29, 1.82) is 21.0 Å². The average molecular weight is 729 g/mol. The molecule has 58 heavy (non-hydrogen) atoms. The Labute approximate surface area is 332 Å². The number of rotatable bonds is 2. The van der Waals surface area contributed by atoms with Crippen molar-refractivity contribution in [1.82, 2.24) is 0 Å². The fraction of sp³-hybridized carbons (Fsp3) is 0. The van der Waals surface area contributed by atoms with Gasteiger partial charge < -0.3 is 0 Å². The minimum atomic E-state index is 0.434. The van der Waals surface area contributed by atoms with E-state index in [0.29, 0.717) is 22.3 Å². The van der Waals surface area contributed by atoms with Crippen LogP contribution < -0.4 is 0 Å². The van der Waals surface area contributed by atoms with E-state index in [1.165, 1.54) is 43.8 Å². The molecule has 0 bridgehead atoms. The summed E-state index contributed by atoms with van der Waals surface area (Å²) in [5, 5.41) is 51.5. The lowest BCUT2D eigenvalue weighted by molar-refractivity contribution is 1.45. The van der Waals surface area contributed by atoms with Gasteiger partial charge in [0.25, 0.3) is 0 Å². The van der Waals surface area contributed by atoms with Crippen molar-refractivity contribution in [2.75, 3.05) is 0 Å². The van der Waals surface area contributed by atoms with Crippen LogP contribution in [0, 0.1) is 45.3 Å². The third-order valence-corrected chi connectivity index (χ3v) is 12.4. The zero-order valence-corrected chi connectivity index (χ0v) is 30.6. The van der Waals surface area contributed by atoms with Gasteiger partial charge in [-0.25, -0.2) is 0 Å². The molecule has 0 saturated carbocycles. The van der Waals surface area contributed by atoms with E-state index in [9.17, 15) is 21.0 Å². The summed E-state index contributed by atoms with van der Waals surface area (Å²) < 4.78 is 0. The molecule has 0 heterocycles. The quantitative estimate of drug-likeness (QED) is 0.166. The highest BCUT2D eigenvalue weighted by molar-refractivity contribution is 6.29. The summed E-state index contributed by atoms with van der Waals surface area (Å²) in [4.78, 5) is 0. The normalized spacial score (nSPS) is 11.7. The molecule has 0 radical (unpaired) electrons. The Hall–Kier alpha value is -8.54. The molecule has 4 nitrogen and oxygen atoms in total. The monoisotopic (exact) mass is 728 g/mol. The molecule has 260 valence electrons. The minimum Gasteiger partial charge on any atom is -0.192 e. The van der Waals surface area contributed by atoms with Crippen LogP contribution in [0.1, 0.15) is 22.3 Å². The molecule has 12 rings (SSSR count). The van der Waals surface area contributed by atoms with Crippen LogP contribution in [0.4, 0.5) is 0 Å². The average Bonchev–Trinajstić information content (AvgIpc) is 3.77. The van der Waals surface area contributed by atoms with Gasteiger partial charge in [0.2, 0.25) is 0 Å². The Balaban J connectivity index is 1.29. The molecular weight excluding hydrogens is 705 g/mol. The first kappa shape index (κ1) is 31.8. The van der Waals surface area contributed by atoms with Crippen LogP contribution in [0.25, 0.3) is 121 Å². The molecule has 0 unspecified atom stereocenters. The van der Waals surface area contributed by atoms with Gasteiger partial charge in [0.1, 0.15) is 0 Å². The van der Waals surface area contributed by atoms with Crippen molar-refractivity contribution in [3.05, 3.63) is 168 Å². The third kappa shape index (κ3) is 4.13. The molecule has 0 N–H and O–H groups in total. The number of nitriles is 4. The number of hydrogen-bond acceptors (Lipinski definition) is 4. The minimum absolute atomic E-state index is 0.434. The molecule has 10 aromatic rings. The zero-order chi connectivity index (χ0) is 38.8. The molecular formula is C54H24N4. The summed E-state index contributed by atoms with van der Waals surface area (Å²) in [6.07, 6.45) is 0. The van der Waals surface area contributed by atoms with Crippen molar-refractivity contribution in [2.45, 2.75) is 0 Å². The fourth-order valence-electron chi connectivity index (χ4n) is 9.94. The van der Waals surface area contributed by atoms with E-state index >= 15 is 0 Å². The van der Waals surface area contributed by atoms with Crippen molar-refractivity contribution < 1.29 is 0 Å². The molecule has 2 aliphatic carbocycles. The van der Waals surface area contributed by atoms with Crippen LogP contribution >= 0.6 is 0 Å². The maximum absolute atomic E-state index is 10.5. The van der Waals surface area contributed by atoms with E-state index in [2.05, 4.69) is 133 Å². The van der Waals surface area contributed by atoms with Gasteiger partial charge in [-0.3, -0.25) is 0 Å². The Morgan fingerprint density at radius 1 is 0.259 bits per heavy atom. The van der Waals surface area contributed by atoms with Crippen LogP contribution in [0.2, 0.25) is 0 Å². The van der Waals surface area contributed by atoms with Crippen LogP contribution in [0.3, 0.4) is 0 Å². The van der Waals surface area contributed by atoms with Crippen LogP contribution in [-0.4, -0.2) is 0 Å². The maximum Gasteiger partial charge on any atom is 0.0998 e. The van der Waals surface area contributed by atoms with E-state index in [4.69, 9.17) is 0 Å². The highest BCUT2D eigenvalue weighted by atomic mass is 14.3. The Bertz CT molecular complexity index is 3520. The van der Waals surface area contributed by atoms with Gasteiger partial charge in [0.05, 0.1) is 46.5 Å². The molecule has 0 aliphatic heterocycles. The second kappa shape index (κ2) is 11.5. The first-order chi connectivity index (χ1) is 28.6. The summed E-state index contributed by atoms with van der Waals surface area (Å²) >= 11 is 0. The number of benzene rings is 10. The molecule has 2 aliphatic rings. The van der Waals surface area contributed by atoms with Gasteiger partial charge in [-0.1, -0.05) is 84.9 Å². The second-order valence-electron chi connectivity index (χ2n) is 15.2. The predicted molar refractivity (Wildman–Crippen MR) is 233 cm³/mol. The Kier molecular flexibility index (Phi) is 6.30. The molecule has 0 fully saturated rings. The lowest BCUT2D eigenvalue weighted by Crippen LogP contribution is -1.94. The Morgan fingerprint density at radius 2 is 0.586 bits per heavy atom. The van der Waals surface area contributed by atoms with Crippen molar-refractivity contribution in [3.63, 3.8) is 0 Å². The lowest BCUT2D eigenvalue weighted by atomic mass is 9.83. The maximum atomic E-state index is 10.5. The third-order valence-electron chi connectivity index (χ3n) is 12.4. The summed E-state index contributed by atoms with van der Waals surface area (Å²) in [6.45, 7) is 0. The first-order valence-corrected chi connectivity index (χ1v) is 19.1. The molecule has 0 atom stereocenters. The van der Waals surface area contributed by atoms with Crippen LogP contribution in [0.5, 0.6) is 0 Å². The van der Waals surface area contributed by atoms with Gasteiger partial charge in [0.15, 0.2) is 0 Å². The summed E-state index contributed by atoms with van der Waals surface area (Å²) in [6, 6.07) is 59.4. The first-order valence-electron chi connectivity index (χ1n) is 19.1. The van der Waals surface area contributed by atoms with E-state index in [1.807, 2.05) is 12.1 Å². The van der Waals surface area contributed by atoms with Gasteiger partial charge in [-0.15, -0.1) is 0 Å². The molecule has 4 heteroatoms. The summed E-state index contributed by atoms with van der Waals surface area (Å²) in [5.41, 5.74) is 14.4. The smallest absolute Gasteiger partial charge is 0.0998 e. The van der Waals surface area contributed by atoms with Crippen molar-refractivity contribution >= 4 is 53.9 Å². The van der Waals surface area contributed by atoms with Crippen molar-refractivity contribution in [2.24, 2.45) is 0 Å². The number of fused-ring (bicyclic) bond motifs is 11. The van der Waals surface area contributed by atoms with E-state index in [-0.39, 0.29) is 0 Å². The highest BCUT2D eigenvalue weighted by Crippen LogP contribution is 2.54. The Morgan fingerprint density at radius 3 is 0.931 bits per heavy atom. The molecule has 0 amide bonds. The lowest BCUT2D eigenvalue weighted by Gasteiger charge is -2.19. The molecule has 0 spiro atoms. The van der Waals surface area contributed by atoms with E-state index < -0.39 is 0 Å². The SMILES string of the molecule is N#Cc1ccc(-c2cc3c4cc5c(cc4c(-c4ccc(C#N)cc4C#N)cc3c3cc4c(cc23)-c2cccc3cccc-4c23)-c2cccc3cccc-5c23)c(C#N)c1. The highest BCUT2D eigenvalue weighted by Gasteiger charge is 2.27. The predicted octanol–water partition coefficient (Wildman–Crippen LogP) is 13.6. The van der Waals surface area contributed by atoms with Crippen LogP contribution in [-0.2, 0) is 0 Å². The van der Waals surface area contributed by atoms with Gasteiger partial charge >= 0.3 is 0 Å². The topological polar surface area (TPSA) is 95.2 Å². The molecule has 0 saturated heterocycles. The number of hydrogen-bond donors (Lipinski definition) is 0. The van der Waals surface area contributed by atoms with Gasteiger partial charge in [-0.2, -0.15) is 21.0 Å². The second-order valence-corrected chi connectivity index (χ2v) is 15.2. The largest absolute Gasteiger partial charge is 0.192 e. The number of nitrogens with zero attached hydrogens (tertiary/aromatic N) is 4. The van der Waals surface area contributed by atoms with Crippen molar-refractivity contribution in [3.8, 4) is 91.0 Å². The summed E-state index contributed by atoms with van der Waals surface area (Å²) in [5.74, 6) is 0. The standard InChI is InChI=1S/C54H24N4/c55-25-29-13-15-35(33(17-29)27-57)41-19-50-49(51-23-45-39-11-3-7-31-5-1-9-37(53(31)39)43(45)21-47(41)51)20-42(36-16-14-30(26-56)18-34(36)28-58)48-22-44-38-10-2-6-32-8-4-12-40(54(32)38)46(44)24-52(48)50/h1-24H. The van der Waals surface area contributed by atoms with Gasteiger partial charge in [0, 0.05) is 11.1 Å². The summed E-state index contributed by atoms with van der Waals surface area (Å²) in [7, 11) is 0. The fourth-order valence-corrected chi connectivity index (χ4v) is 9.94. The zero-order valence-electron chi connectivity index (χ0n) is 30.6. The van der Waals surface area contributed by atoms with Crippen LogP contribution in [0.15, 0.2) is 146 Å². The van der Waals surface area contributed by atoms with Gasteiger partial charge in [-0.05, 0) is 170 Å². The van der Waals surface area contributed by atoms with E-state index in [0.717, 1.165) is 76.8 Å².